The maximum absolute atomic E-state index is 11.5. The normalized spacial score (nSPS) is 9.76. The van der Waals surface area contributed by atoms with Crippen LogP contribution in [0.25, 0.3) is 0 Å². The van der Waals surface area contributed by atoms with Crippen LogP contribution < -0.4 is 15.4 Å². The Bertz CT molecular complexity index is 500. The van der Waals surface area contributed by atoms with E-state index in [-0.39, 0.29) is 0 Å². The Labute approximate surface area is 121 Å². The zero-order chi connectivity index (χ0) is 15.7. The first-order valence-electron chi connectivity index (χ1n) is 6.14. The van der Waals surface area contributed by atoms with E-state index >= 15 is 0 Å². The molecule has 1 aromatic rings. The molecule has 0 spiro atoms. The van der Waals surface area contributed by atoms with Crippen LogP contribution in [-0.2, 0) is 14.3 Å². The van der Waals surface area contributed by atoms with Gasteiger partial charge in [-0.05, 0) is 31.2 Å². The highest BCUT2D eigenvalue weighted by Gasteiger charge is 2.09. The summed E-state index contributed by atoms with van der Waals surface area (Å²) in [5.74, 6) is -1.26. The molecule has 0 saturated carbocycles. The molecule has 114 valence electrons. The Morgan fingerprint density at radius 1 is 1.14 bits per heavy atom. The van der Waals surface area contributed by atoms with Gasteiger partial charge in [-0.15, -0.1) is 0 Å². The lowest BCUT2D eigenvalue weighted by Gasteiger charge is -2.08. The molecule has 8 heteroatoms. The van der Waals surface area contributed by atoms with Crippen LogP contribution in [0.4, 0.5) is 10.5 Å². The summed E-state index contributed by atoms with van der Waals surface area (Å²) in [6.45, 7) is 1.28. The molecule has 8 nitrogen and oxygen atoms in total. The van der Waals surface area contributed by atoms with Crippen LogP contribution in [0.1, 0.15) is 6.92 Å². The molecular formula is C13H16N2O6. The monoisotopic (exact) mass is 296 g/mol. The van der Waals surface area contributed by atoms with Gasteiger partial charge in [0.2, 0.25) is 0 Å². The van der Waals surface area contributed by atoms with Crippen molar-refractivity contribution < 1.29 is 29.0 Å². The first kappa shape index (κ1) is 16.4. The maximum atomic E-state index is 11.5. The molecular weight excluding hydrogens is 280 g/mol. The summed E-state index contributed by atoms with van der Waals surface area (Å²) in [7, 11) is 0. The molecule has 0 bridgehead atoms. The maximum Gasteiger partial charge on any atom is 0.329 e. The number of nitrogens with one attached hydrogen (secondary N) is 2. The SMILES string of the molecule is CCOc1ccc(NC(=O)NC(=O)COCC(=O)O)cc1. The van der Waals surface area contributed by atoms with Gasteiger partial charge in [-0.3, -0.25) is 10.1 Å². The van der Waals surface area contributed by atoms with E-state index in [2.05, 4.69) is 10.1 Å². The van der Waals surface area contributed by atoms with Gasteiger partial charge in [0.25, 0.3) is 5.91 Å². The fourth-order valence-electron chi connectivity index (χ4n) is 1.36. The first-order chi connectivity index (χ1) is 10.0. The standard InChI is InChI=1S/C13H16N2O6/c1-2-21-10-5-3-9(4-6-10)14-13(19)15-11(16)7-20-8-12(17)18/h3-6H,2,7-8H2,1H3,(H,17,18)(H2,14,15,16,19). The molecule has 0 aromatic heterocycles. The van der Waals surface area contributed by atoms with Gasteiger partial charge in [0.1, 0.15) is 19.0 Å². The Morgan fingerprint density at radius 3 is 2.38 bits per heavy atom. The number of aliphatic carboxylic acids is 1. The van der Waals surface area contributed by atoms with Gasteiger partial charge in [-0.2, -0.15) is 0 Å². The van der Waals surface area contributed by atoms with Crippen LogP contribution in [-0.4, -0.2) is 42.8 Å². The third-order valence-corrected chi connectivity index (χ3v) is 2.13. The molecule has 0 aliphatic carbocycles. The van der Waals surface area contributed by atoms with Gasteiger partial charge in [0.05, 0.1) is 6.61 Å². The van der Waals surface area contributed by atoms with Crippen LogP contribution in [0.15, 0.2) is 24.3 Å². The molecule has 0 radical (unpaired) electrons. The van der Waals surface area contributed by atoms with Crippen molar-refractivity contribution in [3.8, 4) is 5.75 Å². The second-order valence-corrected chi connectivity index (χ2v) is 3.85. The van der Waals surface area contributed by atoms with Gasteiger partial charge in [-0.25, -0.2) is 9.59 Å². The molecule has 0 aliphatic rings. The summed E-state index contributed by atoms with van der Waals surface area (Å²) < 4.78 is 9.79. The minimum absolute atomic E-state index is 0.482. The van der Waals surface area contributed by atoms with E-state index in [4.69, 9.17) is 9.84 Å². The first-order valence-corrected chi connectivity index (χ1v) is 6.14. The van der Waals surface area contributed by atoms with E-state index in [9.17, 15) is 14.4 Å². The Balaban J connectivity index is 2.35. The van der Waals surface area contributed by atoms with E-state index in [1.807, 2.05) is 12.2 Å². The van der Waals surface area contributed by atoms with E-state index < -0.39 is 31.1 Å². The van der Waals surface area contributed by atoms with E-state index in [0.717, 1.165) is 0 Å². The van der Waals surface area contributed by atoms with Gasteiger partial charge < -0.3 is 19.9 Å². The van der Waals surface area contributed by atoms with E-state index in [1.54, 1.807) is 24.3 Å². The van der Waals surface area contributed by atoms with Crippen molar-refractivity contribution in [1.82, 2.24) is 5.32 Å². The molecule has 21 heavy (non-hydrogen) atoms. The quantitative estimate of drug-likeness (QED) is 0.687. The average Bonchev–Trinajstić information content (AvgIpc) is 2.40. The predicted molar refractivity (Wildman–Crippen MR) is 73.2 cm³/mol. The van der Waals surface area contributed by atoms with Crippen molar-refractivity contribution in [2.24, 2.45) is 0 Å². The third kappa shape index (κ3) is 6.92. The number of anilines is 1. The van der Waals surface area contributed by atoms with Crippen molar-refractivity contribution >= 4 is 23.6 Å². The number of carboxylic acids is 1. The Morgan fingerprint density at radius 2 is 1.81 bits per heavy atom. The van der Waals surface area contributed by atoms with Crippen molar-refractivity contribution in [2.45, 2.75) is 6.92 Å². The summed E-state index contributed by atoms with van der Waals surface area (Å²) in [5, 5.41) is 12.8. The zero-order valence-corrected chi connectivity index (χ0v) is 11.4. The number of urea groups is 1. The lowest BCUT2D eigenvalue weighted by molar-refractivity contribution is -0.143. The second kappa shape index (κ2) is 8.54. The number of hydrogen-bond donors (Lipinski definition) is 3. The molecule has 3 N–H and O–H groups in total. The van der Waals surface area contributed by atoms with Crippen molar-refractivity contribution in [3.63, 3.8) is 0 Å². The van der Waals surface area contributed by atoms with Crippen LogP contribution in [0.5, 0.6) is 5.75 Å². The highest BCUT2D eigenvalue weighted by Crippen LogP contribution is 2.15. The molecule has 0 atom stereocenters. The fourth-order valence-corrected chi connectivity index (χ4v) is 1.36. The predicted octanol–water partition coefficient (Wildman–Crippen LogP) is 0.835. The molecule has 0 heterocycles. The lowest BCUT2D eigenvalue weighted by atomic mass is 10.3. The highest BCUT2D eigenvalue weighted by atomic mass is 16.5. The molecule has 3 amide bonds. The van der Waals surface area contributed by atoms with Crippen LogP contribution in [0, 0.1) is 0 Å². The lowest BCUT2D eigenvalue weighted by Crippen LogP contribution is -2.37. The number of benzene rings is 1. The third-order valence-electron chi connectivity index (χ3n) is 2.13. The summed E-state index contributed by atoms with van der Waals surface area (Å²) in [6, 6.07) is 5.86. The van der Waals surface area contributed by atoms with Gasteiger partial charge in [-0.1, -0.05) is 0 Å². The van der Waals surface area contributed by atoms with Crippen LogP contribution in [0.3, 0.4) is 0 Å². The number of hydrogen-bond acceptors (Lipinski definition) is 5. The number of ether oxygens (including phenoxy) is 2. The molecule has 0 aliphatic heterocycles. The van der Waals surface area contributed by atoms with Gasteiger partial charge in [0.15, 0.2) is 0 Å². The van der Waals surface area contributed by atoms with Crippen LogP contribution in [0.2, 0.25) is 0 Å². The number of amides is 3. The Hall–Kier alpha value is -2.61. The smallest absolute Gasteiger partial charge is 0.329 e. The minimum atomic E-state index is -1.19. The van der Waals surface area contributed by atoms with Crippen molar-refractivity contribution in [1.29, 1.82) is 0 Å². The fraction of sp³-hybridized carbons (Fsp3) is 0.308. The number of rotatable bonds is 7. The summed E-state index contributed by atoms with van der Waals surface area (Å²) >= 11 is 0. The number of carbonyl (C=O) groups is 3. The van der Waals surface area contributed by atoms with Gasteiger partial charge in [0, 0.05) is 5.69 Å². The highest BCUT2D eigenvalue weighted by molar-refractivity contribution is 6.01. The summed E-state index contributed by atoms with van der Waals surface area (Å²) in [6.07, 6.45) is 0. The number of imide groups is 1. The topological polar surface area (TPSA) is 114 Å². The summed E-state index contributed by atoms with van der Waals surface area (Å²) in [5.41, 5.74) is 0.482. The molecule has 0 saturated heterocycles. The number of carbonyl (C=O) groups excluding carboxylic acids is 2. The van der Waals surface area contributed by atoms with Crippen molar-refractivity contribution in [2.75, 3.05) is 25.1 Å². The minimum Gasteiger partial charge on any atom is -0.494 e. The molecule has 1 rings (SSSR count). The zero-order valence-electron chi connectivity index (χ0n) is 11.4. The van der Waals surface area contributed by atoms with Crippen molar-refractivity contribution in [3.05, 3.63) is 24.3 Å². The largest absolute Gasteiger partial charge is 0.494 e. The summed E-state index contributed by atoms with van der Waals surface area (Å²) in [4.78, 5) is 32.9. The molecule has 0 fully saturated rings. The number of carboxylic acid groups (broad SMARTS) is 1. The van der Waals surface area contributed by atoms with E-state index in [0.29, 0.717) is 18.0 Å². The molecule has 1 aromatic carbocycles. The molecule has 0 unspecified atom stereocenters. The average molecular weight is 296 g/mol. The Kier molecular flexibility index (Phi) is 6.69. The van der Waals surface area contributed by atoms with E-state index in [1.165, 1.54) is 0 Å². The second-order valence-electron chi connectivity index (χ2n) is 3.85. The van der Waals surface area contributed by atoms with Gasteiger partial charge >= 0.3 is 12.0 Å². The van der Waals surface area contributed by atoms with Crippen LogP contribution >= 0.6 is 0 Å².